The van der Waals surface area contributed by atoms with Crippen LogP contribution in [-0.2, 0) is 9.59 Å². The molecule has 2 aliphatic heterocycles. The normalized spacial score (nSPS) is 33.4. The van der Waals surface area contributed by atoms with Crippen LogP contribution in [0.15, 0.2) is 0 Å². The van der Waals surface area contributed by atoms with Crippen LogP contribution in [0.4, 0.5) is 0 Å². The van der Waals surface area contributed by atoms with Crippen LogP contribution in [0.3, 0.4) is 0 Å². The molecule has 0 aromatic heterocycles. The molecule has 72 valence electrons. The molecule has 1 amide bonds. The van der Waals surface area contributed by atoms with Gasteiger partial charge in [0.1, 0.15) is 5.37 Å². The molecule has 13 heavy (non-hydrogen) atoms. The molecule has 0 aromatic rings. The number of carbonyl (C=O) groups excluding carboxylic acids is 2. The van der Waals surface area contributed by atoms with Crippen LogP contribution in [-0.4, -0.2) is 35.4 Å². The first-order chi connectivity index (χ1) is 6.27. The molecular weight excluding hydrogens is 188 g/mol. The van der Waals surface area contributed by atoms with Gasteiger partial charge < -0.3 is 5.32 Å². The third-order valence-corrected chi connectivity index (χ3v) is 3.49. The first-order valence-electron chi connectivity index (χ1n) is 4.45. The van der Waals surface area contributed by atoms with Crippen LogP contribution >= 0.6 is 11.8 Å². The van der Waals surface area contributed by atoms with Gasteiger partial charge in [0, 0.05) is 18.7 Å². The smallest absolute Gasteiger partial charge is 0.220 e. The highest BCUT2D eigenvalue weighted by Crippen LogP contribution is 2.19. The molecule has 0 aromatic carbocycles. The lowest BCUT2D eigenvalue weighted by atomic mass is 10.1. The van der Waals surface area contributed by atoms with E-state index in [1.54, 1.807) is 11.8 Å². The molecule has 0 spiro atoms. The number of hydrogen-bond donors (Lipinski definition) is 2. The Labute approximate surface area is 80.8 Å². The molecule has 5 heteroatoms. The van der Waals surface area contributed by atoms with Crippen molar-refractivity contribution < 1.29 is 9.59 Å². The molecule has 0 bridgehead atoms. The van der Waals surface area contributed by atoms with E-state index in [2.05, 4.69) is 10.6 Å². The van der Waals surface area contributed by atoms with E-state index in [4.69, 9.17) is 0 Å². The van der Waals surface area contributed by atoms with Crippen molar-refractivity contribution in [2.45, 2.75) is 24.3 Å². The van der Waals surface area contributed by atoms with Gasteiger partial charge in [-0.3, -0.25) is 14.9 Å². The summed E-state index contributed by atoms with van der Waals surface area (Å²) in [6.07, 6.45) is 1.16. The summed E-state index contributed by atoms with van der Waals surface area (Å²) in [4.78, 5) is 22.6. The van der Waals surface area contributed by atoms with Crippen molar-refractivity contribution in [3.8, 4) is 0 Å². The second kappa shape index (κ2) is 3.67. The SMILES string of the molecule is O=C1CCC(C(=O)C2NCCS2)N1. The summed E-state index contributed by atoms with van der Waals surface area (Å²) >= 11 is 1.63. The van der Waals surface area contributed by atoms with E-state index in [0.717, 1.165) is 12.3 Å². The maximum Gasteiger partial charge on any atom is 0.220 e. The van der Waals surface area contributed by atoms with E-state index < -0.39 is 0 Å². The number of thioether (sulfide) groups is 1. The van der Waals surface area contributed by atoms with Gasteiger partial charge in [-0.15, -0.1) is 11.8 Å². The fourth-order valence-corrected chi connectivity index (χ4v) is 2.65. The Kier molecular flexibility index (Phi) is 2.55. The number of nitrogens with one attached hydrogen (secondary N) is 2. The zero-order valence-corrected chi connectivity index (χ0v) is 8.02. The van der Waals surface area contributed by atoms with E-state index in [0.29, 0.717) is 12.8 Å². The number of amides is 1. The molecule has 2 saturated heterocycles. The molecule has 0 aliphatic carbocycles. The Bertz CT molecular complexity index is 238. The van der Waals surface area contributed by atoms with Gasteiger partial charge in [-0.1, -0.05) is 0 Å². The highest BCUT2D eigenvalue weighted by Gasteiger charge is 2.33. The summed E-state index contributed by atoms with van der Waals surface area (Å²) in [6, 6.07) is -0.240. The number of carbonyl (C=O) groups is 2. The van der Waals surface area contributed by atoms with E-state index in [1.165, 1.54) is 0 Å². The summed E-state index contributed by atoms with van der Waals surface area (Å²) in [6.45, 7) is 0.891. The Morgan fingerprint density at radius 2 is 2.38 bits per heavy atom. The molecule has 2 aliphatic rings. The summed E-state index contributed by atoms with van der Waals surface area (Å²) < 4.78 is 0. The Morgan fingerprint density at radius 3 is 2.92 bits per heavy atom. The lowest BCUT2D eigenvalue weighted by molar-refractivity contribution is -0.124. The molecule has 0 saturated carbocycles. The van der Waals surface area contributed by atoms with E-state index in [9.17, 15) is 9.59 Å². The molecule has 2 fully saturated rings. The topological polar surface area (TPSA) is 58.2 Å². The average molecular weight is 200 g/mol. The van der Waals surface area contributed by atoms with Crippen molar-refractivity contribution >= 4 is 23.5 Å². The quantitative estimate of drug-likeness (QED) is 0.631. The maximum absolute atomic E-state index is 11.7. The standard InChI is InChI=1S/C8H12N2O2S/c11-6-2-1-5(10-6)7(12)8-9-3-4-13-8/h5,8-9H,1-4H2,(H,10,11). The van der Waals surface area contributed by atoms with Gasteiger partial charge in [0.15, 0.2) is 5.78 Å². The third-order valence-electron chi connectivity index (χ3n) is 2.31. The van der Waals surface area contributed by atoms with Crippen LogP contribution in [0, 0.1) is 0 Å². The monoisotopic (exact) mass is 200 g/mol. The van der Waals surface area contributed by atoms with Crippen molar-refractivity contribution in [1.29, 1.82) is 0 Å². The largest absolute Gasteiger partial charge is 0.346 e. The fraction of sp³-hybridized carbons (Fsp3) is 0.750. The van der Waals surface area contributed by atoms with Crippen molar-refractivity contribution in [2.24, 2.45) is 0 Å². The van der Waals surface area contributed by atoms with Crippen molar-refractivity contribution in [3.63, 3.8) is 0 Å². The van der Waals surface area contributed by atoms with E-state index in [-0.39, 0.29) is 23.1 Å². The highest BCUT2D eigenvalue weighted by atomic mass is 32.2. The Hall–Kier alpha value is -0.550. The molecule has 0 radical (unpaired) electrons. The van der Waals surface area contributed by atoms with Gasteiger partial charge in [0.25, 0.3) is 0 Å². The fourth-order valence-electron chi connectivity index (χ4n) is 1.62. The number of Topliss-reactive ketones (excluding diaryl/α,β-unsaturated/α-hetero) is 1. The Balaban J connectivity index is 1.92. The molecule has 2 unspecified atom stereocenters. The minimum absolute atomic E-state index is 0.00125. The predicted molar refractivity (Wildman–Crippen MR) is 50.4 cm³/mol. The van der Waals surface area contributed by atoms with Gasteiger partial charge in [-0.05, 0) is 6.42 Å². The van der Waals surface area contributed by atoms with Gasteiger partial charge in [-0.2, -0.15) is 0 Å². The summed E-state index contributed by atoms with van der Waals surface area (Å²) in [5, 5.41) is 5.70. The van der Waals surface area contributed by atoms with Gasteiger partial charge in [-0.25, -0.2) is 0 Å². The second-order valence-electron chi connectivity index (χ2n) is 3.27. The Morgan fingerprint density at radius 1 is 1.54 bits per heavy atom. The highest BCUT2D eigenvalue weighted by molar-refractivity contribution is 8.00. The van der Waals surface area contributed by atoms with Crippen LogP contribution in [0.25, 0.3) is 0 Å². The lowest BCUT2D eigenvalue weighted by Gasteiger charge is -2.13. The maximum atomic E-state index is 11.7. The molecule has 2 N–H and O–H groups in total. The van der Waals surface area contributed by atoms with Crippen molar-refractivity contribution in [3.05, 3.63) is 0 Å². The molecule has 2 rings (SSSR count). The van der Waals surface area contributed by atoms with Crippen LogP contribution in [0.5, 0.6) is 0 Å². The number of ketones is 1. The minimum atomic E-state index is -0.240. The zero-order chi connectivity index (χ0) is 9.26. The first-order valence-corrected chi connectivity index (χ1v) is 5.50. The molecule has 2 heterocycles. The number of hydrogen-bond acceptors (Lipinski definition) is 4. The molecule has 2 atom stereocenters. The van der Waals surface area contributed by atoms with Crippen molar-refractivity contribution in [2.75, 3.05) is 12.3 Å². The molecular formula is C8H12N2O2S. The predicted octanol–water partition coefficient (Wildman–Crippen LogP) is -0.503. The summed E-state index contributed by atoms with van der Waals surface area (Å²) in [5.74, 6) is 1.12. The van der Waals surface area contributed by atoms with Gasteiger partial charge in [0.05, 0.1) is 6.04 Å². The van der Waals surface area contributed by atoms with Crippen molar-refractivity contribution in [1.82, 2.24) is 10.6 Å². The second-order valence-corrected chi connectivity index (χ2v) is 4.48. The van der Waals surface area contributed by atoms with E-state index >= 15 is 0 Å². The van der Waals surface area contributed by atoms with E-state index in [1.807, 2.05) is 0 Å². The van der Waals surface area contributed by atoms with Gasteiger partial charge >= 0.3 is 0 Å². The first kappa shape index (κ1) is 9.02. The van der Waals surface area contributed by atoms with Gasteiger partial charge in [0.2, 0.25) is 5.91 Å². The molecule has 4 nitrogen and oxygen atoms in total. The zero-order valence-electron chi connectivity index (χ0n) is 7.21. The van der Waals surface area contributed by atoms with Crippen LogP contribution in [0.1, 0.15) is 12.8 Å². The average Bonchev–Trinajstić information content (AvgIpc) is 2.72. The number of rotatable bonds is 2. The summed E-state index contributed by atoms with van der Waals surface area (Å²) in [7, 11) is 0. The minimum Gasteiger partial charge on any atom is -0.346 e. The summed E-state index contributed by atoms with van der Waals surface area (Å²) in [5.41, 5.74) is 0. The van der Waals surface area contributed by atoms with Crippen LogP contribution < -0.4 is 10.6 Å². The lowest BCUT2D eigenvalue weighted by Crippen LogP contribution is -2.42. The van der Waals surface area contributed by atoms with Crippen LogP contribution in [0.2, 0.25) is 0 Å². The third kappa shape index (κ3) is 1.86.